The number of primary amides is 1. The average Bonchev–Trinajstić information content (AvgIpc) is 2.28. The largest absolute Gasteiger partial charge is 0.368 e. The minimum atomic E-state index is -0.327. The highest BCUT2D eigenvalue weighted by atomic mass is 32.2. The maximum Gasteiger partial charge on any atom is 0.239 e. The van der Waals surface area contributed by atoms with Crippen molar-refractivity contribution >= 4 is 22.8 Å². The van der Waals surface area contributed by atoms with Gasteiger partial charge < -0.3 is 11.1 Å². The Hall–Kier alpha value is -0.710. The van der Waals surface area contributed by atoms with Crippen LogP contribution in [0.4, 0.5) is 0 Å². The summed E-state index contributed by atoms with van der Waals surface area (Å²) in [4.78, 5) is 15.6. The Labute approximate surface area is 100 Å². The number of hydrogen-bond acceptors (Lipinski definition) is 4. The van der Waals surface area contributed by atoms with Gasteiger partial charge in [0.1, 0.15) is 6.04 Å². The fraction of sp³-hybridized carbons (Fsp3) is 0.818. The summed E-state index contributed by atoms with van der Waals surface area (Å²) in [6.45, 7) is 1.78. The maximum absolute atomic E-state index is 11.0. The molecule has 0 bridgehead atoms. The molecule has 4 nitrogen and oxygen atoms in total. The number of amidine groups is 1. The molecule has 0 aromatic rings. The van der Waals surface area contributed by atoms with E-state index in [9.17, 15) is 4.79 Å². The minimum Gasteiger partial charge on any atom is -0.368 e. The van der Waals surface area contributed by atoms with Crippen LogP contribution >= 0.6 is 11.8 Å². The fourth-order valence-electron chi connectivity index (χ4n) is 2.26. The number of thioether (sulfide) groups is 1. The van der Waals surface area contributed by atoms with Crippen molar-refractivity contribution in [3.63, 3.8) is 0 Å². The third kappa shape index (κ3) is 2.70. The second-order valence-electron chi connectivity index (χ2n) is 4.63. The normalized spacial score (nSPS) is 31.2. The fourth-order valence-corrected chi connectivity index (χ4v) is 3.49. The van der Waals surface area contributed by atoms with Crippen LogP contribution in [0.2, 0.25) is 0 Å². The molecule has 5 heteroatoms. The van der Waals surface area contributed by atoms with Gasteiger partial charge in [-0.1, -0.05) is 24.6 Å². The van der Waals surface area contributed by atoms with Crippen molar-refractivity contribution in [3.05, 3.63) is 0 Å². The lowest BCUT2D eigenvalue weighted by atomic mass is 9.86. The third-order valence-electron chi connectivity index (χ3n) is 3.35. The Balaban J connectivity index is 1.96. The van der Waals surface area contributed by atoms with Crippen molar-refractivity contribution in [2.75, 3.05) is 5.75 Å². The molecule has 2 rings (SSSR count). The van der Waals surface area contributed by atoms with Crippen LogP contribution in [0.25, 0.3) is 0 Å². The highest BCUT2D eigenvalue weighted by Gasteiger charge is 2.29. The third-order valence-corrected chi connectivity index (χ3v) is 4.44. The van der Waals surface area contributed by atoms with Gasteiger partial charge in [-0.05, 0) is 25.7 Å². The Morgan fingerprint density at radius 2 is 2.31 bits per heavy atom. The molecule has 1 heterocycles. The van der Waals surface area contributed by atoms with E-state index < -0.39 is 0 Å². The van der Waals surface area contributed by atoms with Crippen LogP contribution in [0, 0.1) is 5.92 Å². The zero-order chi connectivity index (χ0) is 11.5. The monoisotopic (exact) mass is 241 g/mol. The number of carbonyl (C=O) groups is 1. The van der Waals surface area contributed by atoms with Crippen molar-refractivity contribution in [2.45, 2.75) is 44.7 Å². The van der Waals surface area contributed by atoms with Gasteiger partial charge in [0.05, 0.1) is 6.04 Å². The number of fused-ring (bicyclic) bond motifs is 1. The van der Waals surface area contributed by atoms with E-state index in [1.54, 1.807) is 18.7 Å². The van der Waals surface area contributed by atoms with Crippen molar-refractivity contribution in [1.29, 1.82) is 0 Å². The zero-order valence-corrected chi connectivity index (χ0v) is 10.4. The van der Waals surface area contributed by atoms with Gasteiger partial charge in [-0.3, -0.25) is 9.79 Å². The molecule has 1 amide bonds. The van der Waals surface area contributed by atoms with Crippen LogP contribution in [0.5, 0.6) is 0 Å². The first kappa shape index (κ1) is 11.8. The lowest BCUT2D eigenvalue weighted by molar-refractivity contribution is -0.119. The molecule has 90 valence electrons. The predicted octanol–water partition coefficient (Wildman–Crippen LogP) is 1.11. The van der Waals surface area contributed by atoms with Gasteiger partial charge in [-0.15, -0.1) is 0 Å². The summed E-state index contributed by atoms with van der Waals surface area (Å²) in [6, 6.07) is 0.143. The van der Waals surface area contributed by atoms with Crippen LogP contribution < -0.4 is 11.1 Å². The van der Waals surface area contributed by atoms with Crippen LogP contribution in [0.15, 0.2) is 4.99 Å². The lowest BCUT2D eigenvalue weighted by Gasteiger charge is -2.33. The van der Waals surface area contributed by atoms with Gasteiger partial charge in [0.15, 0.2) is 5.17 Å². The first-order valence-electron chi connectivity index (χ1n) is 5.93. The summed E-state index contributed by atoms with van der Waals surface area (Å²) in [6.07, 6.45) is 5.13. The smallest absolute Gasteiger partial charge is 0.239 e. The summed E-state index contributed by atoms with van der Waals surface area (Å²) in [5.74, 6) is 1.55. The molecule has 3 unspecified atom stereocenters. The van der Waals surface area contributed by atoms with Crippen molar-refractivity contribution < 1.29 is 4.79 Å². The number of nitrogens with two attached hydrogens (primary N) is 1. The standard InChI is InChI=1S/C11H19N3OS/c1-7(10(12)15)13-11-14-9-5-3-2-4-8(9)6-16-11/h7-9H,2-6H2,1H3,(H2,12,15)(H,13,14). The Kier molecular flexibility index (Phi) is 3.74. The number of amides is 1. The molecule has 1 aliphatic carbocycles. The van der Waals surface area contributed by atoms with Gasteiger partial charge in [0.25, 0.3) is 0 Å². The number of carbonyl (C=O) groups excluding carboxylic acids is 1. The van der Waals surface area contributed by atoms with Crippen molar-refractivity contribution in [2.24, 2.45) is 16.6 Å². The summed E-state index contributed by atoms with van der Waals surface area (Å²) < 4.78 is 0. The van der Waals surface area contributed by atoms with E-state index in [2.05, 4.69) is 10.3 Å². The van der Waals surface area contributed by atoms with Crippen LogP contribution in [-0.2, 0) is 4.79 Å². The zero-order valence-electron chi connectivity index (χ0n) is 9.61. The number of nitrogens with one attached hydrogen (secondary N) is 1. The Morgan fingerprint density at radius 1 is 1.56 bits per heavy atom. The van der Waals surface area contributed by atoms with E-state index >= 15 is 0 Å². The molecule has 1 aliphatic heterocycles. The number of hydrogen-bond donors (Lipinski definition) is 2. The summed E-state index contributed by atoms with van der Waals surface area (Å²) >= 11 is 1.73. The van der Waals surface area contributed by atoms with E-state index in [-0.39, 0.29) is 11.9 Å². The highest BCUT2D eigenvalue weighted by molar-refractivity contribution is 8.13. The molecule has 0 radical (unpaired) electrons. The van der Waals surface area contributed by atoms with Gasteiger partial charge in [0, 0.05) is 5.75 Å². The van der Waals surface area contributed by atoms with Crippen LogP contribution in [0.3, 0.4) is 0 Å². The van der Waals surface area contributed by atoms with Crippen LogP contribution in [-0.4, -0.2) is 28.9 Å². The molecule has 1 saturated carbocycles. The summed E-state index contributed by atoms with van der Waals surface area (Å²) in [5, 5.41) is 3.99. The molecular formula is C11H19N3OS. The molecule has 0 aromatic carbocycles. The molecule has 3 atom stereocenters. The van der Waals surface area contributed by atoms with E-state index in [1.807, 2.05) is 0 Å². The van der Waals surface area contributed by atoms with E-state index in [1.165, 1.54) is 25.7 Å². The highest BCUT2D eigenvalue weighted by Crippen LogP contribution is 2.33. The van der Waals surface area contributed by atoms with Gasteiger partial charge in [-0.25, -0.2) is 0 Å². The Morgan fingerprint density at radius 3 is 3.06 bits per heavy atom. The molecule has 3 N–H and O–H groups in total. The van der Waals surface area contributed by atoms with Crippen LogP contribution in [0.1, 0.15) is 32.6 Å². The summed E-state index contributed by atoms with van der Waals surface area (Å²) in [5.41, 5.74) is 5.22. The predicted molar refractivity (Wildman–Crippen MR) is 67.4 cm³/mol. The van der Waals surface area contributed by atoms with Crippen molar-refractivity contribution in [3.8, 4) is 0 Å². The van der Waals surface area contributed by atoms with E-state index in [0.29, 0.717) is 6.04 Å². The number of aliphatic imine (C=N–C) groups is 1. The maximum atomic E-state index is 11.0. The van der Waals surface area contributed by atoms with Gasteiger partial charge >= 0.3 is 0 Å². The topological polar surface area (TPSA) is 67.5 Å². The van der Waals surface area contributed by atoms with E-state index in [4.69, 9.17) is 5.73 Å². The molecular weight excluding hydrogens is 222 g/mol. The minimum absolute atomic E-state index is 0.325. The quantitative estimate of drug-likeness (QED) is 0.761. The lowest BCUT2D eigenvalue weighted by Crippen LogP contribution is -2.43. The van der Waals surface area contributed by atoms with Gasteiger partial charge in [-0.2, -0.15) is 0 Å². The second-order valence-corrected chi connectivity index (χ2v) is 5.63. The molecule has 16 heavy (non-hydrogen) atoms. The van der Waals surface area contributed by atoms with E-state index in [0.717, 1.165) is 16.8 Å². The molecule has 0 saturated heterocycles. The first-order valence-corrected chi connectivity index (χ1v) is 6.92. The summed E-state index contributed by atoms with van der Waals surface area (Å²) in [7, 11) is 0. The van der Waals surface area contributed by atoms with Gasteiger partial charge in [0.2, 0.25) is 5.91 Å². The number of rotatable bonds is 2. The van der Waals surface area contributed by atoms with Crippen molar-refractivity contribution in [1.82, 2.24) is 5.32 Å². The molecule has 0 aromatic heterocycles. The average molecular weight is 241 g/mol. The first-order chi connectivity index (χ1) is 7.66. The molecule has 0 spiro atoms. The molecule has 2 aliphatic rings. The Bertz CT molecular complexity index is 306. The second kappa shape index (κ2) is 5.08. The SMILES string of the molecule is CC(NC1=NC2CCCCC2CS1)C(N)=O. The number of nitrogens with zero attached hydrogens (tertiary/aromatic N) is 1. The molecule has 1 fully saturated rings.